The van der Waals surface area contributed by atoms with Crippen molar-refractivity contribution in [3.05, 3.63) is 212 Å². The molecule has 0 spiro atoms. The Bertz CT molecular complexity index is 3430. The van der Waals surface area contributed by atoms with Gasteiger partial charge in [0.05, 0.1) is 26.8 Å². The van der Waals surface area contributed by atoms with Gasteiger partial charge in [-0.25, -0.2) is 4.98 Å². The Kier molecular flexibility index (Phi) is 7.49. The van der Waals surface area contributed by atoms with Gasteiger partial charge in [-0.15, -0.1) is 21.4 Å². The first-order chi connectivity index (χ1) is 28.8. The SMILES string of the molecule is c1ccc(S(c2ccccc2)(c2cccc(-n3c4ccccc4c4ccccc43)c2)c2ccc3c(c2)c2ccccc2n3-c2nccc3c2sc2ccccc23)cc1. The van der Waals surface area contributed by atoms with Crippen LogP contribution in [0.5, 0.6) is 0 Å². The van der Waals surface area contributed by atoms with E-state index in [4.69, 9.17) is 4.98 Å². The normalized spacial score (nSPS) is 12.4. The lowest BCUT2D eigenvalue weighted by Gasteiger charge is -2.42. The second kappa shape index (κ2) is 13.1. The Labute approximate surface area is 341 Å². The van der Waals surface area contributed by atoms with E-state index in [1.165, 1.54) is 72.3 Å². The van der Waals surface area contributed by atoms with Crippen LogP contribution in [0, 0.1) is 0 Å². The van der Waals surface area contributed by atoms with Gasteiger partial charge in [0, 0.05) is 68.5 Å². The highest BCUT2D eigenvalue weighted by Crippen LogP contribution is 2.74. The molecule has 8 aromatic carbocycles. The summed E-state index contributed by atoms with van der Waals surface area (Å²) < 4.78 is 7.30. The molecule has 0 aliphatic carbocycles. The molecule has 0 aliphatic rings. The topological polar surface area (TPSA) is 22.8 Å². The van der Waals surface area contributed by atoms with Crippen LogP contribution in [0.3, 0.4) is 0 Å². The van der Waals surface area contributed by atoms with Crippen LogP contribution in [0.4, 0.5) is 0 Å². The first-order valence-electron chi connectivity index (χ1n) is 19.6. The molecular formula is C53H35N3S2. The number of hydrogen-bond acceptors (Lipinski definition) is 2. The van der Waals surface area contributed by atoms with Crippen LogP contribution in [-0.2, 0) is 0 Å². The maximum absolute atomic E-state index is 5.11. The van der Waals surface area contributed by atoms with Gasteiger partial charge in [0.2, 0.25) is 0 Å². The standard InChI is InChI=1S/C53H35N3S2/c1-3-17-37(18-4-1)58(38-19-5-2-6-20-38,39-21-15-16-36(34-39)55-47-26-11-7-22-41(47)42-23-8-12-27-48(42)55)40-30-31-50-46(35-40)43-24-9-13-28-49(43)56(50)53-52-45(32-33-54-53)44-25-10-14-29-51(44)57-52/h1-35H. The van der Waals surface area contributed by atoms with Crippen LogP contribution in [0.2, 0.25) is 0 Å². The third-order valence-corrected chi connectivity index (χ3v) is 16.8. The third-order valence-electron chi connectivity index (χ3n) is 11.7. The van der Waals surface area contributed by atoms with Crippen molar-refractivity contribution < 1.29 is 0 Å². The van der Waals surface area contributed by atoms with Crippen LogP contribution < -0.4 is 0 Å². The van der Waals surface area contributed by atoms with Crippen LogP contribution in [0.15, 0.2) is 232 Å². The molecule has 0 N–H and O–H groups in total. The molecule has 3 nitrogen and oxygen atoms in total. The highest BCUT2D eigenvalue weighted by Gasteiger charge is 2.34. The van der Waals surface area contributed by atoms with E-state index in [1.54, 1.807) is 0 Å². The fourth-order valence-corrected chi connectivity index (χ4v) is 14.3. The molecule has 0 saturated carbocycles. The number of pyridine rings is 1. The summed E-state index contributed by atoms with van der Waals surface area (Å²) in [6.45, 7) is 0. The molecule has 0 saturated heterocycles. The van der Waals surface area contributed by atoms with Gasteiger partial charge in [-0.2, -0.15) is 0 Å². The molecule has 0 fully saturated rings. The van der Waals surface area contributed by atoms with E-state index >= 15 is 0 Å². The summed E-state index contributed by atoms with van der Waals surface area (Å²) in [6.07, 6.45) is 1.97. The van der Waals surface area contributed by atoms with Crippen molar-refractivity contribution in [3.63, 3.8) is 0 Å². The average molecular weight is 778 g/mol. The van der Waals surface area contributed by atoms with Gasteiger partial charge in [-0.3, -0.25) is 4.57 Å². The lowest BCUT2D eigenvalue weighted by Crippen LogP contribution is -2.06. The number of rotatable bonds is 6. The summed E-state index contributed by atoms with van der Waals surface area (Å²) in [5, 5.41) is 7.47. The number of para-hydroxylation sites is 3. The largest absolute Gasteiger partial charge is 0.309 e. The molecule has 0 aliphatic heterocycles. The zero-order chi connectivity index (χ0) is 38.2. The lowest BCUT2D eigenvalue weighted by molar-refractivity contribution is 1.10. The first kappa shape index (κ1) is 33.2. The Morgan fingerprint density at radius 1 is 0.362 bits per heavy atom. The number of fused-ring (bicyclic) bond motifs is 9. The van der Waals surface area contributed by atoms with Gasteiger partial charge < -0.3 is 4.57 Å². The smallest absolute Gasteiger partial charge is 0.155 e. The Balaban J connectivity index is 1.16. The van der Waals surface area contributed by atoms with E-state index in [1.807, 2.05) is 17.5 Å². The minimum atomic E-state index is -2.04. The van der Waals surface area contributed by atoms with Gasteiger partial charge in [0.25, 0.3) is 0 Å². The maximum Gasteiger partial charge on any atom is 0.155 e. The molecule has 4 heterocycles. The second-order valence-corrected chi connectivity index (χ2v) is 18.9. The highest BCUT2D eigenvalue weighted by atomic mass is 32.3. The Morgan fingerprint density at radius 2 is 0.879 bits per heavy atom. The van der Waals surface area contributed by atoms with Gasteiger partial charge >= 0.3 is 0 Å². The predicted molar refractivity (Wildman–Crippen MR) is 246 cm³/mol. The van der Waals surface area contributed by atoms with Crippen LogP contribution in [-0.4, -0.2) is 14.1 Å². The first-order valence-corrected chi connectivity index (χ1v) is 22.1. The molecule has 274 valence electrons. The zero-order valence-corrected chi connectivity index (χ0v) is 33.0. The summed E-state index contributed by atoms with van der Waals surface area (Å²) >= 11 is 1.82. The van der Waals surface area contributed by atoms with Crippen LogP contribution >= 0.6 is 21.4 Å². The Hall–Kier alpha value is -6.92. The number of hydrogen-bond donors (Lipinski definition) is 0. The molecule has 5 heteroatoms. The minimum absolute atomic E-state index is 0.973. The van der Waals surface area contributed by atoms with Crippen LogP contribution in [0.1, 0.15) is 0 Å². The molecule has 0 radical (unpaired) electrons. The van der Waals surface area contributed by atoms with Crippen molar-refractivity contribution in [1.29, 1.82) is 0 Å². The molecule has 0 unspecified atom stereocenters. The fraction of sp³-hybridized carbons (Fsp3) is 0. The summed E-state index contributed by atoms with van der Waals surface area (Å²) in [7, 11) is -2.04. The van der Waals surface area contributed by atoms with Crippen molar-refractivity contribution >= 4 is 85.1 Å². The molecule has 12 aromatic rings. The van der Waals surface area contributed by atoms with E-state index < -0.39 is 10.0 Å². The van der Waals surface area contributed by atoms with Crippen molar-refractivity contribution in [2.45, 2.75) is 19.6 Å². The predicted octanol–water partition coefficient (Wildman–Crippen LogP) is 15.0. The maximum atomic E-state index is 5.11. The number of benzene rings is 8. The number of thiophene rings is 1. The molecule has 0 amide bonds. The average Bonchev–Trinajstić information content (AvgIpc) is 3.95. The zero-order valence-electron chi connectivity index (χ0n) is 31.4. The van der Waals surface area contributed by atoms with Gasteiger partial charge in [0.15, 0.2) is 5.82 Å². The third kappa shape index (κ3) is 4.78. The Morgan fingerprint density at radius 3 is 1.55 bits per heavy atom. The van der Waals surface area contributed by atoms with E-state index in [-0.39, 0.29) is 0 Å². The van der Waals surface area contributed by atoms with Crippen molar-refractivity contribution in [2.24, 2.45) is 0 Å². The molecule has 0 bridgehead atoms. The monoisotopic (exact) mass is 777 g/mol. The quantitative estimate of drug-likeness (QED) is 0.165. The van der Waals surface area contributed by atoms with Gasteiger partial charge in [0.1, 0.15) is 0 Å². The highest BCUT2D eigenvalue weighted by molar-refractivity contribution is 8.34. The van der Waals surface area contributed by atoms with Gasteiger partial charge in [-0.05, 0) is 91.0 Å². The summed E-state index contributed by atoms with van der Waals surface area (Å²) in [5.74, 6) is 0.973. The summed E-state index contributed by atoms with van der Waals surface area (Å²) in [6, 6.07) is 76.1. The molecule has 4 aromatic heterocycles. The molecular weight excluding hydrogens is 743 g/mol. The minimum Gasteiger partial charge on any atom is -0.309 e. The lowest BCUT2D eigenvalue weighted by atomic mass is 10.1. The van der Waals surface area contributed by atoms with Crippen LogP contribution in [0.25, 0.3) is 75.3 Å². The summed E-state index contributed by atoms with van der Waals surface area (Å²) in [4.78, 5) is 10.3. The second-order valence-electron chi connectivity index (χ2n) is 14.7. The summed E-state index contributed by atoms with van der Waals surface area (Å²) in [5.41, 5.74) is 5.87. The van der Waals surface area contributed by atoms with E-state index in [9.17, 15) is 0 Å². The molecule has 12 rings (SSSR count). The molecule has 58 heavy (non-hydrogen) atoms. The van der Waals surface area contributed by atoms with Crippen molar-refractivity contribution in [2.75, 3.05) is 0 Å². The number of aromatic nitrogens is 3. The van der Waals surface area contributed by atoms with Gasteiger partial charge in [-0.1, -0.05) is 115 Å². The van der Waals surface area contributed by atoms with Crippen molar-refractivity contribution in [1.82, 2.24) is 14.1 Å². The fourth-order valence-electron chi connectivity index (χ4n) is 9.25. The number of nitrogens with zero attached hydrogens (tertiary/aromatic N) is 3. The van der Waals surface area contributed by atoms with E-state index in [0.717, 1.165) is 22.5 Å². The molecule has 0 atom stereocenters. The van der Waals surface area contributed by atoms with E-state index in [2.05, 4.69) is 215 Å². The van der Waals surface area contributed by atoms with Crippen molar-refractivity contribution in [3.8, 4) is 11.5 Å². The van der Waals surface area contributed by atoms with E-state index in [0.29, 0.717) is 0 Å².